The Kier molecular flexibility index (Phi) is 2.92. The van der Waals surface area contributed by atoms with Crippen molar-refractivity contribution < 1.29 is 0 Å². The number of nitrogens with zero attached hydrogens (tertiary/aromatic N) is 4. The van der Waals surface area contributed by atoms with Crippen molar-refractivity contribution >= 4 is 0 Å². The minimum Gasteiger partial charge on any atom is -0.265 e. The Bertz CT molecular complexity index is 573. The minimum absolute atomic E-state index is 0.443. The van der Waals surface area contributed by atoms with E-state index in [9.17, 15) is 0 Å². The molecule has 0 N–H and O–H groups in total. The maximum Gasteiger partial charge on any atom is 0.140 e. The van der Waals surface area contributed by atoms with Gasteiger partial charge in [-0.2, -0.15) is 10.4 Å². The molecule has 0 aromatic carbocycles. The fourth-order valence-corrected chi connectivity index (χ4v) is 1.70. The van der Waals surface area contributed by atoms with E-state index < -0.39 is 0 Å². The average molecular weight is 226 g/mol. The van der Waals surface area contributed by atoms with Gasteiger partial charge in [-0.05, 0) is 38.0 Å². The van der Waals surface area contributed by atoms with Crippen LogP contribution in [0.3, 0.4) is 0 Å². The van der Waals surface area contributed by atoms with Crippen LogP contribution < -0.4 is 0 Å². The van der Waals surface area contributed by atoms with Crippen molar-refractivity contribution in [3.63, 3.8) is 0 Å². The van der Waals surface area contributed by atoms with Gasteiger partial charge in [0.1, 0.15) is 11.8 Å². The topological polar surface area (TPSA) is 54.5 Å². The molecule has 17 heavy (non-hydrogen) atoms. The quantitative estimate of drug-likeness (QED) is 0.788. The average Bonchev–Trinajstić information content (AvgIpc) is 2.58. The van der Waals surface area contributed by atoms with E-state index >= 15 is 0 Å². The van der Waals surface area contributed by atoms with Crippen molar-refractivity contribution in [2.24, 2.45) is 0 Å². The number of hydrogen-bond acceptors (Lipinski definition) is 3. The van der Waals surface area contributed by atoms with E-state index in [2.05, 4.69) is 23.9 Å². The number of pyridine rings is 1. The minimum atomic E-state index is 0.443. The molecule has 0 aliphatic carbocycles. The summed E-state index contributed by atoms with van der Waals surface area (Å²) >= 11 is 0. The molecule has 0 bridgehead atoms. The fraction of sp³-hybridized carbons (Fsp3) is 0.308. The summed E-state index contributed by atoms with van der Waals surface area (Å²) in [5, 5.41) is 13.1. The molecular formula is C13H14N4. The number of hydrogen-bond donors (Lipinski definition) is 0. The molecule has 2 rings (SSSR count). The SMILES string of the molecule is Cc1nn(Cc2ccc(C#N)nc2)c(C)c1C. The van der Waals surface area contributed by atoms with Crippen LogP contribution in [0.2, 0.25) is 0 Å². The molecule has 0 aliphatic heterocycles. The van der Waals surface area contributed by atoms with Crippen molar-refractivity contribution in [3.8, 4) is 6.07 Å². The number of aryl methyl sites for hydroxylation is 1. The van der Waals surface area contributed by atoms with Crippen molar-refractivity contribution in [3.05, 3.63) is 46.5 Å². The standard InChI is InChI=1S/C13H14N4/c1-9-10(2)16-17(11(9)3)8-12-4-5-13(6-14)15-7-12/h4-5,7H,8H2,1-3H3. The fourth-order valence-electron chi connectivity index (χ4n) is 1.70. The lowest BCUT2D eigenvalue weighted by Crippen LogP contribution is -2.04. The Morgan fingerprint density at radius 1 is 1.29 bits per heavy atom. The van der Waals surface area contributed by atoms with Crippen LogP contribution in [0, 0.1) is 32.1 Å². The molecule has 0 unspecified atom stereocenters. The molecule has 0 fully saturated rings. The molecule has 2 aromatic rings. The van der Waals surface area contributed by atoms with Crippen LogP contribution in [0.1, 0.15) is 28.2 Å². The summed E-state index contributed by atoms with van der Waals surface area (Å²) < 4.78 is 1.97. The van der Waals surface area contributed by atoms with E-state index in [-0.39, 0.29) is 0 Å². The van der Waals surface area contributed by atoms with Crippen LogP contribution >= 0.6 is 0 Å². The molecular weight excluding hydrogens is 212 g/mol. The summed E-state index contributed by atoms with van der Waals surface area (Å²) in [6.07, 6.45) is 1.73. The molecule has 86 valence electrons. The molecule has 0 saturated carbocycles. The Morgan fingerprint density at radius 3 is 2.53 bits per heavy atom. The molecule has 0 aliphatic rings. The Balaban J connectivity index is 2.26. The van der Waals surface area contributed by atoms with Crippen molar-refractivity contribution in [2.45, 2.75) is 27.3 Å². The van der Waals surface area contributed by atoms with Crippen LogP contribution in [-0.4, -0.2) is 14.8 Å². The maximum absolute atomic E-state index is 8.67. The zero-order valence-corrected chi connectivity index (χ0v) is 10.2. The summed E-state index contributed by atoms with van der Waals surface area (Å²) in [7, 11) is 0. The second-order valence-electron chi connectivity index (χ2n) is 4.12. The lowest BCUT2D eigenvalue weighted by molar-refractivity contribution is 0.656. The van der Waals surface area contributed by atoms with Crippen LogP contribution in [0.15, 0.2) is 18.3 Å². The van der Waals surface area contributed by atoms with Crippen LogP contribution in [0.25, 0.3) is 0 Å². The first kappa shape index (κ1) is 11.3. The van der Waals surface area contributed by atoms with E-state index in [1.165, 1.54) is 11.3 Å². The van der Waals surface area contributed by atoms with Gasteiger partial charge < -0.3 is 0 Å². The third kappa shape index (κ3) is 2.18. The van der Waals surface area contributed by atoms with Gasteiger partial charge in [-0.1, -0.05) is 6.07 Å². The summed E-state index contributed by atoms with van der Waals surface area (Å²) in [6, 6.07) is 5.65. The number of nitriles is 1. The first-order valence-corrected chi connectivity index (χ1v) is 5.47. The molecule has 2 aromatic heterocycles. The zero-order valence-electron chi connectivity index (χ0n) is 10.2. The van der Waals surface area contributed by atoms with Crippen molar-refractivity contribution in [1.29, 1.82) is 5.26 Å². The van der Waals surface area contributed by atoms with Crippen molar-refractivity contribution in [2.75, 3.05) is 0 Å². The normalized spacial score (nSPS) is 10.2. The second-order valence-corrected chi connectivity index (χ2v) is 4.12. The first-order valence-electron chi connectivity index (χ1n) is 5.47. The highest BCUT2D eigenvalue weighted by atomic mass is 15.3. The third-order valence-electron chi connectivity index (χ3n) is 3.01. The Hall–Kier alpha value is -2.15. The van der Waals surface area contributed by atoms with Gasteiger partial charge in [-0.3, -0.25) is 4.68 Å². The van der Waals surface area contributed by atoms with Crippen LogP contribution in [0.5, 0.6) is 0 Å². The first-order chi connectivity index (χ1) is 8.11. The highest BCUT2D eigenvalue weighted by Crippen LogP contribution is 2.12. The highest BCUT2D eigenvalue weighted by molar-refractivity contribution is 5.25. The molecule has 0 spiro atoms. The van der Waals surface area contributed by atoms with Gasteiger partial charge in [0, 0.05) is 11.9 Å². The summed E-state index contributed by atoms with van der Waals surface area (Å²) in [4.78, 5) is 4.05. The zero-order chi connectivity index (χ0) is 12.4. The molecule has 2 heterocycles. The monoisotopic (exact) mass is 226 g/mol. The summed E-state index contributed by atoms with van der Waals surface area (Å²) in [6.45, 7) is 6.84. The Morgan fingerprint density at radius 2 is 2.06 bits per heavy atom. The largest absolute Gasteiger partial charge is 0.265 e. The van der Waals surface area contributed by atoms with E-state index in [1.54, 1.807) is 12.3 Å². The van der Waals surface area contributed by atoms with E-state index in [0.717, 1.165) is 11.3 Å². The molecule has 0 atom stereocenters. The van der Waals surface area contributed by atoms with Gasteiger partial charge in [0.15, 0.2) is 0 Å². The molecule has 0 saturated heterocycles. The van der Waals surface area contributed by atoms with Gasteiger partial charge in [0.2, 0.25) is 0 Å². The molecule has 4 nitrogen and oxygen atoms in total. The van der Waals surface area contributed by atoms with Gasteiger partial charge in [0.05, 0.1) is 12.2 Å². The maximum atomic E-state index is 8.67. The van der Waals surface area contributed by atoms with Crippen LogP contribution in [-0.2, 0) is 6.54 Å². The lowest BCUT2D eigenvalue weighted by Gasteiger charge is -2.04. The highest BCUT2D eigenvalue weighted by Gasteiger charge is 2.07. The van der Waals surface area contributed by atoms with Gasteiger partial charge in [-0.25, -0.2) is 4.98 Å². The van der Waals surface area contributed by atoms with E-state index in [4.69, 9.17) is 5.26 Å². The van der Waals surface area contributed by atoms with Gasteiger partial charge >= 0.3 is 0 Å². The van der Waals surface area contributed by atoms with Crippen LogP contribution in [0.4, 0.5) is 0 Å². The predicted octanol–water partition coefficient (Wildman–Crippen LogP) is 2.12. The molecule has 0 amide bonds. The Labute approximate surface area is 101 Å². The van der Waals surface area contributed by atoms with Gasteiger partial charge in [0.25, 0.3) is 0 Å². The molecule has 4 heteroatoms. The number of aromatic nitrogens is 3. The van der Waals surface area contributed by atoms with Gasteiger partial charge in [-0.15, -0.1) is 0 Å². The van der Waals surface area contributed by atoms with E-state index in [1.807, 2.05) is 23.7 Å². The smallest absolute Gasteiger partial charge is 0.140 e. The number of rotatable bonds is 2. The second kappa shape index (κ2) is 4.38. The third-order valence-corrected chi connectivity index (χ3v) is 3.01. The lowest BCUT2D eigenvalue weighted by atomic mass is 10.2. The summed E-state index contributed by atoms with van der Waals surface area (Å²) in [5.41, 5.74) is 4.95. The van der Waals surface area contributed by atoms with Crippen molar-refractivity contribution in [1.82, 2.24) is 14.8 Å². The summed E-state index contributed by atoms with van der Waals surface area (Å²) in [5.74, 6) is 0. The van der Waals surface area contributed by atoms with E-state index in [0.29, 0.717) is 12.2 Å². The predicted molar refractivity (Wildman–Crippen MR) is 64.5 cm³/mol. The molecule has 0 radical (unpaired) electrons.